The molecule has 2 heterocycles. The van der Waals surface area contributed by atoms with Crippen molar-refractivity contribution < 1.29 is 13.6 Å². The first-order valence-electron chi connectivity index (χ1n) is 10.3. The summed E-state index contributed by atoms with van der Waals surface area (Å²) >= 11 is 0. The molecule has 1 amide bonds. The SMILES string of the molecule is CCc1ccc(NC(=O)CN2CCC(c3nnc(-c4ccc(F)cc4)o3)CC2)cc1. The second-order valence-electron chi connectivity index (χ2n) is 7.60. The molecule has 1 N–H and O–H groups in total. The summed E-state index contributed by atoms with van der Waals surface area (Å²) in [6, 6.07) is 14.0. The van der Waals surface area contributed by atoms with Crippen molar-refractivity contribution >= 4 is 11.6 Å². The fourth-order valence-electron chi connectivity index (χ4n) is 3.67. The van der Waals surface area contributed by atoms with Gasteiger partial charge in [0.15, 0.2) is 0 Å². The van der Waals surface area contributed by atoms with Crippen LogP contribution in [0.2, 0.25) is 0 Å². The van der Waals surface area contributed by atoms with Crippen LogP contribution < -0.4 is 5.32 Å². The summed E-state index contributed by atoms with van der Waals surface area (Å²) < 4.78 is 18.9. The Morgan fingerprint density at radius 3 is 2.47 bits per heavy atom. The number of aromatic nitrogens is 2. The minimum absolute atomic E-state index is 0.00548. The highest BCUT2D eigenvalue weighted by atomic mass is 19.1. The van der Waals surface area contributed by atoms with Crippen LogP contribution in [0.4, 0.5) is 10.1 Å². The Balaban J connectivity index is 1.27. The van der Waals surface area contributed by atoms with Gasteiger partial charge in [-0.2, -0.15) is 0 Å². The van der Waals surface area contributed by atoms with E-state index in [-0.39, 0.29) is 17.6 Å². The molecule has 1 aliphatic heterocycles. The monoisotopic (exact) mass is 408 g/mol. The zero-order valence-electron chi connectivity index (χ0n) is 17.0. The number of aryl methyl sites for hydroxylation is 1. The standard InChI is InChI=1S/C23H25FN4O2/c1-2-16-3-9-20(10-4-16)25-21(29)15-28-13-11-18(12-14-28)23-27-26-22(30-23)17-5-7-19(24)8-6-17/h3-10,18H,2,11-15H2,1H3,(H,25,29). The molecule has 30 heavy (non-hydrogen) atoms. The molecule has 0 radical (unpaired) electrons. The number of nitrogens with one attached hydrogen (secondary N) is 1. The number of carbonyl (C=O) groups is 1. The topological polar surface area (TPSA) is 71.3 Å². The molecule has 0 saturated carbocycles. The van der Waals surface area contributed by atoms with Crippen LogP contribution in [0.5, 0.6) is 0 Å². The van der Waals surface area contributed by atoms with Gasteiger partial charge in [0.2, 0.25) is 17.7 Å². The van der Waals surface area contributed by atoms with Crippen molar-refractivity contribution in [1.82, 2.24) is 15.1 Å². The van der Waals surface area contributed by atoms with E-state index >= 15 is 0 Å². The molecule has 0 aliphatic carbocycles. The highest BCUT2D eigenvalue weighted by molar-refractivity contribution is 5.92. The van der Waals surface area contributed by atoms with Gasteiger partial charge in [-0.3, -0.25) is 9.69 Å². The van der Waals surface area contributed by atoms with Crippen molar-refractivity contribution in [2.45, 2.75) is 32.1 Å². The van der Waals surface area contributed by atoms with E-state index < -0.39 is 0 Å². The molecule has 1 aromatic heterocycles. The summed E-state index contributed by atoms with van der Waals surface area (Å²) in [7, 11) is 0. The molecular weight excluding hydrogens is 383 g/mol. The highest BCUT2D eigenvalue weighted by Gasteiger charge is 2.26. The molecule has 0 bridgehead atoms. The van der Waals surface area contributed by atoms with Crippen LogP contribution in [0, 0.1) is 5.82 Å². The van der Waals surface area contributed by atoms with E-state index in [9.17, 15) is 9.18 Å². The van der Waals surface area contributed by atoms with Crippen LogP contribution in [0.25, 0.3) is 11.5 Å². The van der Waals surface area contributed by atoms with Crippen LogP contribution in [0.1, 0.15) is 37.1 Å². The molecule has 0 atom stereocenters. The Labute approximate surface area is 175 Å². The molecule has 2 aromatic carbocycles. The van der Waals surface area contributed by atoms with Gasteiger partial charge in [0.05, 0.1) is 6.54 Å². The molecule has 1 saturated heterocycles. The number of rotatable bonds is 6. The summed E-state index contributed by atoms with van der Waals surface area (Å²) in [5, 5.41) is 11.2. The second kappa shape index (κ2) is 9.17. The normalized spacial score (nSPS) is 15.3. The zero-order valence-corrected chi connectivity index (χ0v) is 17.0. The Hall–Kier alpha value is -3.06. The third-order valence-electron chi connectivity index (χ3n) is 5.48. The van der Waals surface area contributed by atoms with E-state index in [0.29, 0.717) is 23.9 Å². The van der Waals surface area contributed by atoms with Gasteiger partial charge in [-0.25, -0.2) is 4.39 Å². The first-order chi connectivity index (χ1) is 14.6. The Kier molecular flexibility index (Phi) is 6.18. The maximum Gasteiger partial charge on any atom is 0.247 e. The van der Waals surface area contributed by atoms with E-state index in [1.165, 1.54) is 17.7 Å². The number of benzene rings is 2. The van der Waals surface area contributed by atoms with E-state index in [1.807, 2.05) is 24.3 Å². The third kappa shape index (κ3) is 4.91. The predicted molar refractivity (Wildman–Crippen MR) is 113 cm³/mol. The van der Waals surface area contributed by atoms with Crippen LogP contribution in [-0.2, 0) is 11.2 Å². The highest BCUT2D eigenvalue weighted by Crippen LogP contribution is 2.29. The number of piperidine rings is 1. The molecule has 4 rings (SSSR count). The summed E-state index contributed by atoms with van der Waals surface area (Å²) in [4.78, 5) is 14.5. The molecule has 0 unspecified atom stereocenters. The quantitative estimate of drug-likeness (QED) is 0.660. The number of amides is 1. The molecule has 6 nitrogen and oxygen atoms in total. The number of nitrogens with zero attached hydrogens (tertiary/aromatic N) is 3. The molecule has 3 aromatic rings. The van der Waals surface area contributed by atoms with Gasteiger partial charge in [0.1, 0.15) is 5.82 Å². The Morgan fingerprint density at radius 1 is 1.10 bits per heavy atom. The smallest absolute Gasteiger partial charge is 0.247 e. The fourth-order valence-corrected chi connectivity index (χ4v) is 3.67. The van der Waals surface area contributed by atoms with Crippen molar-refractivity contribution in [2.75, 3.05) is 25.0 Å². The summed E-state index contributed by atoms with van der Waals surface area (Å²) in [5.74, 6) is 0.880. The van der Waals surface area contributed by atoms with Gasteiger partial charge in [-0.15, -0.1) is 10.2 Å². The molecular formula is C23H25FN4O2. The van der Waals surface area contributed by atoms with Crippen molar-refractivity contribution in [3.63, 3.8) is 0 Å². The van der Waals surface area contributed by atoms with E-state index in [2.05, 4.69) is 27.3 Å². The van der Waals surface area contributed by atoms with Gasteiger partial charge in [0.25, 0.3) is 0 Å². The second-order valence-corrected chi connectivity index (χ2v) is 7.60. The van der Waals surface area contributed by atoms with Crippen LogP contribution in [0.15, 0.2) is 52.9 Å². The van der Waals surface area contributed by atoms with E-state index in [1.54, 1.807) is 12.1 Å². The van der Waals surface area contributed by atoms with Crippen molar-refractivity contribution in [1.29, 1.82) is 0 Å². The summed E-state index contributed by atoms with van der Waals surface area (Å²) in [6.45, 7) is 4.06. The van der Waals surface area contributed by atoms with Crippen LogP contribution in [0.3, 0.4) is 0 Å². The van der Waals surface area contributed by atoms with Gasteiger partial charge >= 0.3 is 0 Å². The van der Waals surface area contributed by atoms with E-state index in [0.717, 1.165) is 38.0 Å². The lowest BCUT2D eigenvalue weighted by Crippen LogP contribution is -2.38. The summed E-state index contributed by atoms with van der Waals surface area (Å²) in [5.41, 5.74) is 2.78. The average molecular weight is 408 g/mol. The molecule has 1 fully saturated rings. The maximum absolute atomic E-state index is 13.1. The van der Waals surface area contributed by atoms with Crippen molar-refractivity contribution in [3.05, 3.63) is 65.8 Å². The number of hydrogen-bond donors (Lipinski definition) is 1. The molecule has 0 spiro atoms. The van der Waals surface area contributed by atoms with Gasteiger partial charge < -0.3 is 9.73 Å². The average Bonchev–Trinajstić information content (AvgIpc) is 3.25. The Bertz CT molecular complexity index is 977. The largest absolute Gasteiger partial charge is 0.420 e. The van der Waals surface area contributed by atoms with Crippen LogP contribution in [-0.4, -0.2) is 40.6 Å². The molecule has 1 aliphatic rings. The first kappa shape index (κ1) is 20.2. The number of hydrogen-bond acceptors (Lipinski definition) is 5. The van der Waals surface area contributed by atoms with E-state index in [4.69, 9.17) is 4.42 Å². The Morgan fingerprint density at radius 2 is 1.80 bits per heavy atom. The first-order valence-corrected chi connectivity index (χ1v) is 10.3. The van der Waals surface area contributed by atoms with Crippen molar-refractivity contribution in [2.24, 2.45) is 0 Å². The van der Waals surface area contributed by atoms with Crippen molar-refractivity contribution in [3.8, 4) is 11.5 Å². The lowest BCUT2D eigenvalue weighted by atomic mass is 9.97. The molecule has 7 heteroatoms. The summed E-state index contributed by atoms with van der Waals surface area (Å²) in [6.07, 6.45) is 2.68. The lowest BCUT2D eigenvalue weighted by molar-refractivity contribution is -0.117. The van der Waals surface area contributed by atoms with Gasteiger partial charge in [0, 0.05) is 17.2 Å². The maximum atomic E-state index is 13.1. The minimum atomic E-state index is -0.298. The number of anilines is 1. The van der Waals surface area contributed by atoms with Gasteiger partial charge in [-0.1, -0.05) is 19.1 Å². The fraction of sp³-hybridized carbons (Fsp3) is 0.348. The minimum Gasteiger partial charge on any atom is -0.420 e. The zero-order chi connectivity index (χ0) is 20.9. The lowest BCUT2D eigenvalue weighted by Gasteiger charge is -2.29. The molecule has 156 valence electrons. The number of halogens is 1. The number of likely N-dealkylation sites (tertiary alicyclic amines) is 1. The third-order valence-corrected chi connectivity index (χ3v) is 5.48. The van der Waals surface area contributed by atoms with Crippen LogP contribution >= 0.6 is 0 Å². The van der Waals surface area contributed by atoms with Gasteiger partial charge in [-0.05, 0) is 74.3 Å². The number of carbonyl (C=O) groups excluding carboxylic acids is 1. The predicted octanol–water partition coefficient (Wildman–Crippen LogP) is 4.26.